The number of carbonyl (C=O) groups is 1. The van der Waals surface area contributed by atoms with Gasteiger partial charge in [-0.2, -0.15) is 0 Å². The fourth-order valence-corrected chi connectivity index (χ4v) is 2.16. The minimum absolute atomic E-state index is 0.0546. The van der Waals surface area contributed by atoms with Crippen LogP contribution in [0.4, 0.5) is 5.69 Å². The predicted octanol–water partition coefficient (Wildman–Crippen LogP) is 3.82. The number of methoxy groups -OCH3 is 2. The zero-order chi connectivity index (χ0) is 17.7. The van der Waals surface area contributed by atoms with Crippen molar-refractivity contribution in [2.45, 2.75) is 6.92 Å². The van der Waals surface area contributed by atoms with E-state index in [4.69, 9.17) is 9.47 Å². The standard InChI is InChI=1S/C18H17NO5/c1-12-4-6-13(7-5-12)8-9-16(20)14-10-17(23-2)18(24-3)11-15(14)19(21)22/h4-11H,1-3H3/b9-8+. The molecule has 24 heavy (non-hydrogen) atoms. The lowest BCUT2D eigenvalue weighted by Crippen LogP contribution is -2.03. The smallest absolute Gasteiger partial charge is 0.284 e. The van der Waals surface area contributed by atoms with Gasteiger partial charge in [0.15, 0.2) is 17.3 Å². The van der Waals surface area contributed by atoms with Gasteiger partial charge in [0.1, 0.15) is 5.56 Å². The Kier molecular flexibility index (Phi) is 5.31. The number of nitro benzene ring substituents is 1. The summed E-state index contributed by atoms with van der Waals surface area (Å²) in [5.41, 5.74) is 1.55. The minimum Gasteiger partial charge on any atom is -0.493 e. The van der Waals surface area contributed by atoms with Crippen LogP contribution in [0.3, 0.4) is 0 Å². The third kappa shape index (κ3) is 3.78. The van der Waals surface area contributed by atoms with Gasteiger partial charge in [0.05, 0.1) is 25.2 Å². The summed E-state index contributed by atoms with van der Waals surface area (Å²) in [5.74, 6) is -0.0262. The largest absolute Gasteiger partial charge is 0.493 e. The molecule has 0 heterocycles. The normalized spacial score (nSPS) is 10.6. The average Bonchev–Trinajstić information content (AvgIpc) is 2.59. The Morgan fingerprint density at radius 2 is 1.67 bits per heavy atom. The van der Waals surface area contributed by atoms with E-state index in [2.05, 4.69) is 0 Å². The molecule has 2 aromatic rings. The Labute approximate surface area is 139 Å². The second-order valence-corrected chi connectivity index (χ2v) is 5.09. The summed E-state index contributed by atoms with van der Waals surface area (Å²) < 4.78 is 10.2. The lowest BCUT2D eigenvalue weighted by molar-refractivity contribution is -0.385. The number of rotatable bonds is 6. The minimum atomic E-state index is -0.616. The SMILES string of the molecule is COc1cc(C(=O)/C=C/c2ccc(C)cc2)c([N+](=O)[O-])cc1OC. The Bertz CT molecular complexity index is 794. The summed E-state index contributed by atoms with van der Waals surface area (Å²) in [4.78, 5) is 23.0. The Morgan fingerprint density at radius 3 is 2.21 bits per heavy atom. The van der Waals surface area contributed by atoms with E-state index in [1.54, 1.807) is 6.08 Å². The highest BCUT2D eigenvalue weighted by molar-refractivity contribution is 6.10. The molecule has 0 unspecified atom stereocenters. The predicted molar refractivity (Wildman–Crippen MR) is 90.7 cm³/mol. The molecule has 0 amide bonds. The summed E-state index contributed by atoms with van der Waals surface area (Å²) in [6.07, 6.45) is 2.92. The van der Waals surface area contributed by atoms with Crippen LogP contribution in [0.15, 0.2) is 42.5 Å². The van der Waals surface area contributed by atoms with Crippen LogP contribution in [0.5, 0.6) is 11.5 Å². The van der Waals surface area contributed by atoms with Gasteiger partial charge in [0.25, 0.3) is 5.69 Å². The Hall–Kier alpha value is -3.15. The molecule has 0 aliphatic carbocycles. The molecule has 0 aliphatic rings. The first-order valence-electron chi connectivity index (χ1n) is 7.15. The number of benzene rings is 2. The van der Waals surface area contributed by atoms with E-state index in [9.17, 15) is 14.9 Å². The van der Waals surface area contributed by atoms with Gasteiger partial charge in [0, 0.05) is 6.07 Å². The molecule has 0 fully saturated rings. The van der Waals surface area contributed by atoms with Gasteiger partial charge in [0.2, 0.25) is 0 Å². The number of carbonyl (C=O) groups excluding carboxylic acids is 1. The molecular formula is C18H17NO5. The van der Waals surface area contributed by atoms with E-state index in [-0.39, 0.29) is 22.7 Å². The lowest BCUT2D eigenvalue weighted by atomic mass is 10.1. The van der Waals surface area contributed by atoms with Gasteiger partial charge >= 0.3 is 0 Å². The number of allylic oxidation sites excluding steroid dienone is 1. The van der Waals surface area contributed by atoms with Crippen LogP contribution in [0, 0.1) is 17.0 Å². The number of hydrogen-bond acceptors (Lipinski definition) is 5. The van der Waals surface area contributed by atoms with Crippen molar-refractivity contribution in [1.29, 1.82) is 0 Å². The number of hydrogen-bond donors (Lipinski definition) is 0. The molecule has 0 radical (unpaired) electrons. The average molecular weight is 327 g/mol. The maximum atomic E-state index is 12.4. The van der Waals surface area contributed by atoms with Crippen molar-refractivity contribution in [3.05, 3.63) is 69.3 Å². The quantitative estimate of drug-likeness (QED) is 0.349. The molecule has 0 saturated heterocycles. The zero-order valence-corrected chi connectivity index (χ0v) is 13.6. The van der Waals surface area contributed by atoms with Crippen molar-refractivity contribution in [2.24, 2.45) is 0 Å². The molecule has 0 aliphatic heterocycles. The van der Waals surface area contributed by atoms with Gasteiger partial charge in [-0.15, -0.1) is 0 Å². The van der Waals surface area contributed by atoms with Crippen LogP contribution in [0.25, 0.3) is 6.08 Å². The fourth-order valence-electron chi connectivity index (χ4n) is 2.16. The summed E-state index contributed by atoms with van der Waals surface area (Å²) in [5, 5.41) is 11.2. The van der Waals surface area contributed by atoms with Crippen molar-refractivity contribution in [3.63, 3.8) is 0 Å². The fraction of sp³-hybridized carbons (Fsp3) is 0.167. The van der Waals surface area contributed by atoms with Crippen molar-refractivity contribution in [2.75, 3.05) is 14.2 Å². The molecule has 2 rings (SSSR count). The monoisotopic (exact) mass is 327 g/mol. The van der Waals surface area contributed by atoms with Crippen LogP contribution in [-0.2, 0) is 0 Å². The van der Waals surface area contributed by atoms with Crippen LogP contribution in [-0.4, -0.2) is 24.9 Å². The third-order valence-electron chi connectivity index (χ3n) is 3.47. The maximum Gasteiger partial charge on any atom is 0.284 e. The van der Waals surface area contributed by atoms with E-state index >= 15 is 0 Å². The molecule has 124 valence electrons. The summed E-state index contributed by atoms with van der Waals surface area (Å²) in [7, 11) is 2.78. The molecule has 0 saturated carbocycles. The van der Waals surface area contributed by atoms with E-state index in [1.165, 1.54) is 32.4 Å². The van der Waals surface area contributed by atoms with E-state index in [0.29, 0.717) is 0 Å². The molecule has 0 N–H and O–H groups in total. The molecular weight excluding hydrogens is 310 g/mol. The van der Waals surface area contributed by atoms with Gasteiger partial charge in [-0.25, -0.2) is 0 Å². The van der Waals surface area contributed by atoms with Crippen molar-refractivity contribution >= 4 is 17.5 Å². The Balaban J connectivity index is 2.40. The highest BCUT2D eigenvalue weighted by atomic mass is 16.6. The van der Waals surface area contributed by atoms with Crippen LogP contribution >= 0.6 is 0 Å². The molecule has 0 atom stereocenters. The van der Waals surface area contributed by atoms with Crippen molar-refractivity contribution < 1.29 is 19.2 Å². The molecule has 0 spiro atoms. The topological polar surface area (TPSA) is 78.7 Å². The van der Waals surface area contributed by atoms with Gasteiger partial charge in [-0.1, -0.05) is 35.9 Å². The highest BCUT2D eigenvalue weighted by Gasteiger charge is 2.23. The van der Waals surface area contributed by atoms with Crippen molar-refractivity contribution in [3.8, 4) is 11.5 Å². The highest BCUT2D eigenvalue weighted by Crippen LogP contribution is 2.34. The first-order valence-corrected chi connectivity index (χ1v) is 7.15. The zero-order valence-electron chi connectivity index (χ0n) is 13.6. The first kappa shape index (κ1) is 17.2. The van der Waals surface area contributed by atoms with E-state index in [0.717, 1.165) is 11.1 Å². The number of ether oxygens (including phenoxy) is 2. The molecule has 0 bridgehead atoms. The molecule has 6 nitrogen and oxygen atoms in total. The maximum absolute atomic E-state index is 12.4. The first-order chi connectivity index (χ1) is 11.5. The second-order valence-electron chi connectivity index (χ2n) is 5.09. The number of nitro groups is 1. The Morgan fingerprint density at radius 1 is 1.08 bits per heavy atom. The van der Waals surface area contributed by atoms with Gasteiger partial charge in [-0.05, 0) is 18.6 Å². The van der Waals surface area contributed by atoms with E-state index in [1.807, 2.05) is 31.2 Å². The number of nitrogens with zero attached hydrogens (tertiary/aromatic N) is 1. The van der Waals surface area contributed by atoms with Crippen LogP contribution < -0.4 is 9.47 Å². The molecule has 0 aromatic heterocycles. The summed E-state index contributed by atoms with van der Waals surface area (Å²) >= 11 is 0. The van der Waals surface area contributed by atoms with Crippen molar-refractivity contribution in [1.82, 2.24) is 0 Å². The van der Waals surface area contributed by atoms with Crippen LogP contribution in [0.2, 0.25) is 0 Å². The summed E-state index contributed by atoms with van der Waals surface area (Å²) in [6.45, 7) is 1.96. The molecule has 2 aromatic carbocycles. The molecule has 6 heteroatoms. The number of ketones is 1. The third-order valence-corrected chi connectivity index (χ3v) is 3.47. The van der Waals surface area contributed by atoms with Crippen LogP contribution in [0.1, 0.15) is 21.5 Å². The van der Waals surface area contributed by atoms with Gasteiger partial charge < -0.3 is 9.47 Å². The van der Waals surface area contributed by atoms with E-state index < -0.39 is 10.7 Å². The van der Waals surface area contributed by atoms with Gasteiger partial charge in [-0.3, -0.25) is 14.9 Å². The number of aryl methyl sites for hydroxylation is 1. The lowest BCUT2D eigenvalue weighted by Gasteiger charge is -2.09. The second kappa shape index (κ2) is 7.41. The summed E-state index contributed by atoms with van der Waals surface area (Å²) in [6, 6.07) is 10.1.